The van der Waals surface area contributed by atoms with Gasteiger partial charge >= 0.3 is 0 Å². The molecule has 0 saturated carbocycles. The largest absolute Gasteiger partial charge is 0.489 e. The maximum Gasteiger partial charge on any atom is 0.254 e. The summed E-state index contributed by atoms with van der Waals surface area (Å²) < 4.78 is 20.4. The summed E-state index contributed by atoms with van der Waals surface area (Å²) >= 11 is 0. The van der Waals surface area contributed by atoms with E-state index >= 15 is 0 Å². The van der Waals surface area contributed by atoms with E-state index in [2.05, 4.69) is 36.9 Å². The summed E-state index contributed by atoms with van der Waals surface area (Å²) in [5, 5.41) is 0. The zero-order valence-electron chi connectivity index (χ0n) is 18.2. The van der Waals surface area contributed by atoms with Gasteiger partial charge in [0, 0.05) is 37.9 Å². The number of halogens is 1. The summed E-state index contributed by atoms with van der Waals surface area (Å²) in [7, 11) is 0. The van der Waals surface area contributed by atoms with Gasteiger partial charge in [0.1, 0.15) is 18.2 Å². The Morgan fingerprint density at radius 2 is 1.77 bits per heavy atom. The highest BCUT2D eigenvalue weighted by atomic mass is 19.1. The molecule has 5 heteroatoms. The van der Waals surface area contributed by atoms with Crippen LogP contribution in [0.4, 0.5) is 4.39 Å². The highest BCUT2D eigenvalue weighted by molar-refractivity contribution is 5.34. The number of nitrogens with zero attached hydrogens (tertiary/aromatic N) is 2. The lowest BCUT2D eigenvalue weighted by Crippen LogP contribution is -2.35. The van der Waals surface area contributed by atoms with E-state index in [9.17, 15) is 9.18 Å². The van der Waals surface area contributed by atoms with Crippen molar-refractivity contribution in [2.45, 2.75) is 52.4 Å². The van der Waals surface area contributed by atoms with E-state index in [0.717, 1.165) is 31.5 Å². The van der Waals surface area contributed by atoms with Crippen molar-refractivity contribution in [3.8, 4) is 5.75 Å². The van der Waals surface area contributed by atoms with Crippen LogP contribution in [0.1, 0.15) is 36.1 Å². The molecule has 0 fully saturated rings. The van der Waals surface area contributed by atoms with Gasteiger partial charge in [-0.05, 0) is 67.1 Å². The third-order valence-electron chi connectivity index (χ3n) is 5.97. The van der Waals surface area contributed by atoms with E-state index in [1.54, 1.807) is 29.0 Å². The lowest BCUT2D eigenvalue weighted by Gasteiger charge is -2.32. The molecule has 2 aromatic carbocycles. The molecule has 0 atom stereocenters. The molecule has 0 spiro atoms. The smallest absolute Gasteiger partial charge is 0.254 e. The van der Waals surface area contributed by atoms with Crippen LogP contribution in [0.25, 0.3) is 0 Å². The Kier molecular flexibility index (Phi) is 6.52. The van der Waals surface area contributed by atoms with Crippen LogP contribution in [-0.2, 0) is 32.5 Å². The second-order valence-corrected chi connectivity index (χ2v) is 8.48. The molecule has 4 nitrogen and oxygen atoms in total. The molecule has 3 aromatic rings. The SMILES string of the molecule is CC(C)N1CCc2ccc(CCn3ccc(OCc4ccc(F)cc4)cc3=O)cc2C1. The second kappa shape index (κ2) is 9.48. The van der Waals surface area contributed by atoms with Gasteiger partial charge in [-0.2, -0.15) is 0 Å². The minimum absolute atomic E-state index is 0.0828. The molecular formula is C26H29FN2O2. The Balaban J connectivity index is 1.36. The Labute approximate surface area is 182 Å². The van der Waals surface area contributed by atoms with Gasteiger partial charge in [0.2, 0.25) is 0 Å². The van der Waals surface area contributed by atoms with Crippen molar-refractivity contribution in [1.29, 1.82) is 0 Å². The van der Waals surface area contributed by atoms with Crippen molar-refractivity contribution in [1.82, 2.24) is 9.47 Å². The van der Waals surface area contributed by atoms with Gasteiger partial charge in [-0.25, -0.2) is 4.39 Å². The number of hydrogen-bond acceptors (Lipinski definition) is 3. The first-order valence-electron chi connectivity index (χ1n) is 10.9. The predicted molar refractivity (Wildman–Crippen MR) is 121 cm³/mol. The Morgan fingerprint density at radius 3 is 2.52 bits per heavy atom. The van der Waals surface area contributed by atoms with E-state index in [-0.39, 0.29) is 11.4 Å². The molecule has 0 N–H and O–H groups in total. The monoisotopic (exact) mass is 420 g/mol. The number of hydrogen-bond donors (Lipinski definition) is 0. The van der Waals surface area contributed by atoms with Crippen molar-refractivity contribution >= 4 is 0 Å². The Hall–Kier alpha value is -2.92. The highest BCUT2D eigenvalue weighted by Crippen LogP contribution is 2.22. The number of rotatable bonds is 7. The van der Waals surface area contributed by atoms with Crippen LogP contribution >= 0.6 is 0 Å². The number of aromatic nitrogens is 1. The van der Waals surface area contributed by atoms with Crippen LogP contribution in [0.2, 0.25) is 0 Å². The third-order valence-corrected chi connectivity index (χ3v) is 5.97. The van der Waals surface area contributed by atoms with Crippen molar-refractivity contribution in [3.05, 3.63) is 99.2 Å². The Morgan fingerprint density at radius 1 is 1.00 bits per heavy atom. The van der Waals surface area contributed by atoms with E-state index in [1.165, 1.54) is 34.9 Å². The molecule has 0 amide bonds. The average Bonchev–Trinajstić information content (AvgIpc) is 2.77. The van der Waals surface area contributed by atoms with Crippen molar-refractivity contribution < 1.29 is 9.13 Å². The van der Waals surface area contributed by atoms with E-state index in [4.69, 9.17) is 4.74 Å². The van der Waals surface area contributed by atoms with Crippen LogP contribution in [-0.4, -0.2) is 22.1 Å². The summed E-state index contributed by atoms with van der Waals surface area (Å²) in [6.45, 7) is 7.54. The fraction of sp³-hybridized carbons (Fsp3) is 0.346. The standard InChI is InChI=1S/C26H29FN2O2/c1-19(2)29-13-10-22-6-3-20(15-23(22)17-29)9-12-28-14-11-25(16-26(28)30)31-18-21-4-7-24(27)8-5-21/h3-8,11,14-16,19H,9-10,12-13,17-18H2,1-2H3. The zero-order valence-corrected chi connectivity index (χ0v) is 18.2. The maximum absolute atomic E-state index is 13.0. The molecule has 0 unspecified atom stereocenters. The molecule has 1 aliphatic heterocycles. The summed E-state index contributed by atoms with van der Waals surface area (Å²) in [6.07, 6.45) is 3.69. The topological polar surface area (TPSA) is 34.5 Å². The number of benzene rings is 2. The van der Waals surface area contributed by atoms with Crippen LogP contribution in [0.3, 0.4) is 0 Å². The molecular weight excluding hydrogens is 391 g/mol. The predicted octanol–water partition coefficient (Wildman–Crippen LogP) is 4.58. The van der Waals surface area contributed by atoms with Gasteiger partial charge in [-0.3, -0.25) is 9.69 Å². The van der Waals surface area contributed by atoms with Gasteiger partial charge < -0.3 is 9.30 Å². The van der Waals surface area contributed by atoms with E-state index in [1.807, 2.05) is 0 Å². The van der Waals surface area contributed by atoms with Gasteiger partial charge in [-0.1, -0.05) is 30.3 Å². The summed E-state index contributed by atoms with van der Waals surface area (Å²) in [6, 6.07) is 16.8. The van der Waals surface area contributed by atoms with E-state index < -0.39 is 0 Å². The van der Waals surface area contributed by atoms with Gasteiger partial charge in [0.05, 0.1) is 0 Å². The van der Waals surface area contributed by atoms with Gasteiger partial charge in [0.25, 0.3) is 5.56 Å². The number of fused-ring (bicyclic) bond motifs is 1. The molecule has 1 aromatic heterocycles. The van der Waals surface area contributed by atoms with Crippen LogP contribution < -0.4 is 10.3 Å². The van der Waals surface area contributed by atoms with Crippen molar-refractivity contribution in [3.63, 3.8) is 0 Å². The molecule has 0 aliphatic carbocycles. The number of pyridine rings is 1. The molecule has 0 radical (unpaired) electrons. The number of ether oxygens (including phenoxy) is 1. The number of aryl methyl sites for hydroxylation is 2. The third kappa shape index (κ3) is 5.42. The first-order valence-corrected chi connectivity index (χ1v) is 10.9. The van der Waals surface area contributed by atoms with Crippen LogP contribution in [0, 0.1) is 5.82 Å². The summed E-state index contributed by atoms with van der Waals surface area (Å²) in [5.74, 6) is 0.246. The molecule has 162 valence electrons. The minimum atomic E-state index is -0.275. The van der Waals surface area contributed by atoms with Crippen LogP contribution in [0.5, 0.6) is 5.75 Å². The quantitative estimate of drug-likeness (QED) is 0.561. The molecule has 31 heavy (non-hydrogen) atoms. The fourth-order valence-corrected chi connectivity index (χ4v) is 3.99. The fourth-order valence-electron chi connectivity index (χ4n) is 3.99. The Bertz CT molecular complexity index is 1090. The maximum atomic E-state index is 13.0. The first kappa shape index (κ1) is 21.3. The van der Waals surface area contributed by atoms with Gasteiger partial charge in [0.15, 0.2) is 0 Å². The summed E-state index contributed by atoms with van der Waals surface area (Å²) in [5.41, 5.74) is 4.89. The summed E-state index contributed by atoms with van der Waals surface area (Å²) in [4.78, 5) is 15.0. The van der Waals surface area contributed by atoms with Crippen molar-refractivity contribution in [2.75, 3.05) is 6.54 Å². The van der Waals surface area contributed by atoms with Crippen molar-refractivity contribution in [2.24, 2.45) is 0 Å². The molecule has 1 aliphatic rings. The van der Waals surface area contributed by atoms with Crippen LogP contribution in [0.15, 0.2) is 65.6 Å². The first-order chi connectivity index (χ1) is 15.0. The minimum Gasteiger partial charge on any atom is -0.489 e. The molecule has 0 saturated heterocycles. The molecule has 0 bridgehead atoms. The highest BCUT2D eigenvalue weighted by Gasteiger charge is 2.18. The molecule has 2 heterocycles. The lowest BCUT2D eigenvalue weighted by molar-refractivity contribution is 0.203. The van der Waals surface area contributed by atoms with E-state index in [0.29, 0.717) is 24.9 Å². The lowest BCUT2D eigenvalue weighted by atomic mass is 9.95. The average molecular weight is 421 g/mol. The normalized spacial score (nSPS) is 13.9. The van der Waals surface area contributed by atoms with Gasteiger partial charge in [-0.15, -0.1) is 0 Å². The second-order valence-electron chi connectivity index (χ2n) is 8.48. The molecule has 4 rings (SSSR count). The zero-order chi connectivity index (χ0) is 21.8.